The standard InChI is InChI=1S/C11H11Cl3N4O/c1-3-18-7(8(12)6(2)16-18)4-17-5-15-10(14)9(13)11(17)19/h5H,3-4H2,1-2H3. The van der Waals surface area contributed by atoms with Crippen LogP contribution >= 0.6 is 34.8 Å². The van der Waals surface area contributed by atoms with Crippen molar-refractivity contribution in [3.8, 4) is 0 Å². The van der Waals surface area contributed by atoms with Crippen molar-refractivity contribution in [1.29, 1.82) is 0 Å². The Hall–Kier alpha value is -1.04. The first kappa shape index (κ1) is 14.4. The van der Waals surface area contributed by atoms with Gasteiger partial charge in [-0.1, -0.05) is 34.8 Å². The van der Waals surface area contributed by atoms with E-state index < -0.39 is 5.56 Å². The number of rotatable bonds is 3. The lowest BCUT2D eigenvalue weighted by Gasteiger charge is -2.08. The van der Waals surface area contributed by atoms with Crippen LogP contribution in [0.2, 0.25) is 15.2 Å². The summed E-state index contributed by atoms with van der Waals surface area (Å²) in [7, 11) is 0. The molecule has 102 valence electrons. The predicted octanol–water partition coefficient (Wildman–Crippen LogP) is 2.78. The van der Waals surface area contributed by atoms with Gasteiger partial charge in [0.15, 0.2) is 5.15 Å². The first-order valence-electron chi connectivity index (χ1n) is 5.58. The lowest BCUT2D eigenvalue weighted by Crippen LogP contribution is -2.23. The summed E-state index contributed by atoms with van der Waals surface area (Å²) in [6.07, 6.45) is 1.34. The Morgan fingerprint density at radius 3 is 2.58 bits per heavy atom. The van der Waals surface area contributed by atoms with Gasteiger partial charge in [-0.15, -0.1) is 0 Å². The Bertz CT molecular complexity index is 677. The van der Waals surface area contributed by atoms with Crippen molar-refractivity contribution >= 4 is 34.8 Å². The molecular weight excluding hydrogens is 311 g/mol. The van der Waals surface area contributed by atoms with Crippen molar-refractivity contribution in [1.82, 2.24) is 19.3 Å². The Morgan fingerprint density at radius 1 is 1.26 bits per heavy atom. The minimum atomic E-state index is -0.403. The molecule has 2 heterocycles. The summed E-state index contributed by atoms with van der Waals surface area (Å²) < 4.78 is 3.09. The van der Waals surface area contributed by atoms with Crippen LogP contribution in [0.25, 0.3) is 0 Å². The molecule has 0 unspecified atom stereocenters. The van der Waals surface area contributed by atoms with E-state index in [1.54, 1.807) is 4.68 Å². The molecule has 0 amide bonds. The zero-order chi connectivity index (χ0) is 14.2. The smallest absolute Gasteiger partial charge is 0.274 e. The highest BCUT2D eigenvalue weighted by Crippen LogP contribution is 2.21. The SMILES string of the molecule is CCn1nc(C)c(Cl)c1Cn1cnc(Cl)c(Cl)c1=O. The minimum Gasteiger partial charge on any atom is -0.292 e. The summed E-state index contributed by atoms with van der Waals surface area (Å²) in [6.45, 7) is 4.67. The first-order chi connectivity index (χ1) is 8.95. The number of nitrogens with zero attached hydrogens (tertiary/aromatic N) is 4. The van der Waals surface area contributed by atoms with E-state index in [1.807, 2.05) is 13.8 Å². The van der Waals surface area contributed by atoms with Gasteiger partial charge in [0.2, 0.25) is 0 Å². The Balaban J connectivity index is 2.48. The van der Waals surface area contributed by atoms with Crippen molar-refractivity contribution in [3.05, 3.63) is 43.3 Å². The van der Waals surface area contributed by atoms with E-state index in [-0.39, 0.29) is 16.7 Å². The number of hydrogen-bond acceptors (Lipinski definition) is 3. The van der Waals surface area contributed by atoms with Gasteiger partial charge in [-0.25, -0.2) is 4.98 Å². The third-order valence-electron chi connectivity index (χ3n) is 2.71. The van der Waals surface area contributed by atoms with Crippen molar-refractivity contribution in [2.24, 2.45) is 0 Å². The highest BCUT2D eigenvalue weighted by molar-refractivity contribution is 6.40. The second-order valence-electron chi connectivity index (χ2n) is 3.94. The minimum absolute atomic E-state index is 0.00538. The van der Waals surface area contributed by atoms with E-state index in [0.717, 1.165) is 11.4 Å². The quantitative estimate of drug-likeness (QED) is 0.817. The first-order valence-corrected chi connectivity index (χ1v) is 6.71. The molecule has 0 aliphatic heterocycles. The topological polar surface area (TPSA) is 52.7 Å². The van der Waals surface area contributed by atoms with Crippen LogP contribution < -0.4 is 5.56 Å². The normalized spacial score (nSPS) is 11.0. The molecule has 19 heavy (non-hydrogen) atoms. The van der Waals surface area contributed by atoms with Gasteiger partial charge in [0.05, 0.1) is 29.3 Å². The molecule has 8 heteroatoms. The van der Waals surface area contributed by atoms with Gasteiger partial charge < -0.3 is 0 Å². The fraction of sp³-hybridized carbons (Fsp3) is 0.364. The Morgan fingerprint density at radius 2 is 1.95 bits per heavy atom. The molecule has 0 saturated heterocycles. The van der Waals surface area contributed by atoms with Crippen LogP contribution in [0, 0.1) is 6.92 Å². The summed E-state index contributed by atoms with van der Waals surface area (Å²) in [5.41, 5.74) is 1.06. The molecule has 2 aromatic heterocycles. The van der Waals surface area contributed by atoms with Crippen LogP contribution in [0.1, 0.15) is 18.3 Å². The van der Waals surface area contributed by atoms with Gasteiger partial charge in [0, 0.05) is 6.54 Å². The molecule has 0 aliphatic carbocycles. The third-order valence-corrected chi connectivity index (χ3v) is 3.93. The summed E-state index contributed by atoms with van der Waals surface area (Å²) in [5.74, 6) is 0. The van der Waals surface area contributed by atoms with Crippen LogP contribution in [0.4, 0.5) is 0 Å². The van der Waals surface area contributed by atoms with Gasteiger partial charge >= 0.3 is 0 Å². The molecule has 2 rings (SSSR count). The lowest BCUT2D eigenvalue weighted by molar-refractivity contribution is 0.588. The second kappa shape index (κ2) is 5.53. The molecule has 0 aliphatic rings. The maximum absolute atomic E-state index is 11.9. The summed E-state index contributed by atoms with van der Waals surface area (Å²) >= 11 is 17.7. The molecule has 0 atom stereocenters. The van der Waals surface area contributed by atoms with E-state index in [2.05, 4.69) is 10.1 Å². The van der Waals surface area contributed by atoms with Crippen molar-refractivity contribution < 1.29 is 0 Å². The molecule has 0 spiro atoms. The van der Waals surface area contributed by atoms with Crippen LogP contribution in [0.5, 0.6) is 0 Å². The van der Waals surface area contributed by atoms with Crippen molar-refractivity contribution in [3.63, 3.8) is 0 Å². The zero-order valence-electron chi connectivity index (χ0n) is 10.3. The van der Waals surface area contributed by atoms with Crippen molar-refractivity contribution in [2.45, 2.75) is 26.9 Å². The molecule has 0 saturated carbocycles. The van der Waals surface area contributed by atoms with Gasteiger partial charge in [0.25, 0.3) is 5.56 Å². The summed E-state index contributed by atoms with van der Waals surface area (Å²) in [4.78, 5) is 15.8. The van der Waals surface area contributed by atoms with Gasteiger partial charge in [-0.3, -0.25) is 14.0 Å². The van der Waals surface area contributed by atoms with Crippen LogP contribution in [0.15, 0.2) is 11.1 Å². The number of halogens is 3. The largest absolute Gasteiger partial charge is 0.292 e. The Labute approximate surface area is 124 Å². The van der Waals surface area contributed by atoms with Crippen molar-refractivity contribution in [2.75, 3.05) is 0 Å². The van der Waals surface area contributed by atoms with E-state index in [9.17, 15) is 4.79 Å². The average molecular weight is 322 g/mol. The van der Waals surface area contributed by atoms with Crippen LogP contribution in [-0.2, 0) is 13.1 Å². The predicted molar refractivity (Wildman–Crippen MR) is 75.3 cm³/mol. The molecular formula is C11H11Cl3N4O. The van der Waals surface area contributed by atoms with E-state index in [1.165, 1.54) is 10.9 Å². The third kappa shape index (κ3) is 2.63. The van der Waals surface area contributed by atoms with E-state index >= 15 is 0 Å². The highest BCUT2D eigenvalue weighted by Gasteiger charge is 2.15. The molecule has 0 radical (unpaired) electrons. The van der Waals surface area contributed by atoms with Gasteiger partial charge in [-0.05, 0) is 13.8 Å². The molecule has 5 nitrogen and oxygen atoms in total. The van der Waals surface area contributed by atoms with Crippen LogP contribution in [-0.4, -0.2) is 19.3 Å². The van der Waals surface area contributed by atoms with Gasteiger partial charge in [-0.2, -0.15) is 5.10 Å². The van der Waals surface area contributed by atoms with Gasteiger partial charge in [0.1, 0.15) is 5.02 Å². The Kier molecular flexibility index (Phi) is 4.18. The molecule has 0 N–H and O–H groups in total. The maximum atomic E-state index is 11.9. The number of hydrogen-bond donors (Lipinski definition) is 0. The monoisotopic (exact) mass is 320 g/mol. The summed E-state index contributed by atoms with van der Waals surface area (Å²) in [5, 5.41) is 4.72. The van der Waals surface area contributed by atoms with E-state index in [0.29, 0.717) is 11.6 Å². The second-order valence-corrected chi connectivity index (χ2v) is 5.06. The number of aryl methyl sites for hydroxylation is 2. The fourth-order valence-electron chi connectivity index (χ4n) is 1.74. The zero-order valence-corrected chi connectivity index (χ0v) is 12.6. The maximum Gasteiger partial charge on any atom is 0.274 e. The lowest BCUT2D eigenvalue weighted by atomic mass is 10.3. The highest BCUT2D eigenvalue weighted by atomic mass is 35.5. The van der Waals surface area contributed by atoms with E-state index in [4.69, 9.17) is 34.8 Å². The molecule has 0 bridgehead atoms. The molecule has 2 aromatic rings. The molecule has 0 aromatic carbocycles. The van der Waals surface area contributed by atoms with Crippen LogP contribution in [0.3, 0.4) is 0 Å². The fourth-order valence-corrected chi connectivity index (χ4v) is 2.21. The average Bonchev–Trinajstić information content (AvgIpc) is 2.66. The number of aromatic nitrogens is 4. The summed E-state index contributed by atoms with van der Waals surface area (Å²) in [6, 6.07) is 0. The molecule has 0 fully saturated rings.